The fourth-order valence-electron chi connectivity index (χ4n) is 3.01. The van der Waals surface area contributed by atoms with Crippen LogP contribution in [0.3, 0.4) is 0 Å². The minimum Gasteiger partial charge on any atom is -0.491 e. The first kappa shape index (κ1) is 25.4. The van der Waals surface area contributed by atoms with Crippen molar-refractivity contribution in [1.82, 2.24) is 0 Å². The number of hydrogen-bond acceptors (Lipinski definition) is 6. The molecule has 33 heavy (non-hydrogen) atoms. The van der Waals surface area contributed by atoms with Crippen molar-refractivity contribution >= 4 is 11.8 Å². The predicted octanol–water partition coefficient (Wildman–Crippen LogP) is 5.85. The Labute approximate surface area is 195 Å². The molecule has 1 saturated heterocycles. The van der Waals surface area contributed by atoms with E-state index in [9.17, 15) is 13.2 Å². The highest BCUT2D eigenvalue weighted by atomic mass is 32.2. The molecule has 1 atom stereocenters. The lowest BCUT2D eigenvalue weighted by atomic mass is 10.2. The molecule has 0 aliphatic carbocycles. The second kappa shape index (κ2) is 11.8. The van der Waals surface area contributed by atoms with Crippen molar-refractivity contribution in [3.05, 3.63) is 66.2 Å². The van der Waals surface area contributed by atoms with Crippen LogP contribution in [-0.4, -0.2) is 44.3 Å². The first-order valence-electron chi connectivity index (χ1n) is 10.4. The highest BCUT2D eigenvalue weighted by Crippen LogP contribution is 2.31. The van der Waals surface area contributed by atoms with Gasteiger partial charge in [0, 0.05) is 10.6 Å². The Balaban J connectivity index is 1.50. The van der Waals surface area contributed by atoms with E-state index in [1.165, 1.54) is 12.1 Å². The molecule has 0 amide bonds. The van der Waals surface area contributed by atoms with Gasteiger partial charge in [-0.3, -0.25) is 0 Å². The molecule has 1 fully saturated rings. The van der Waals surface area contributed by atoms with E-state index < -0.39 is 11.7 Å². The molecule has 2 aromatic rings. The molecule has 0 saturated carbocycles. The van der Waals surface area contributed by atoms with Crippen molar-refractivity contribution < 1.29 is 36.9 Å². The van der Waals surface area contributed by atoms with Crippen LogP contribution in [0.25, 0.3) is 0 Å². The maximum absolute atomic E-state index is 12.7. The number of halogens is 3. The number of ether oxygens (including phenoxy) is 5. The number of hydrogen-bond donors (Lipinski definition) is 0. The van der Waals surface area contributed by atoms with Gasteiger partial charge in [-0.1, -0.05) is 6.08 Å². The SMILES string of the molecule is C=CCOC(COc1ccc(C(F)(F)F)cc1)CSc1ccc(OCC2OC(C)O2)c(C)c1. The number of rotatable bonds is 12. The van der Waals surface area contributed by atoms with Gasteiger partial charge in [-0.2, -0.15) is 13.2 Å². The van der Waals surface area contributed by atoms with Gasteiger partial charge in [-0.15, -0.1) is 18.3 Å². The van der Waals surface area contributed by atoms with Crippen LogP contribution in [0.15, 0.2) is 60.0 Å². The Kier molecular flexibility index (Phi) is 9.08. The van der Waals surface area contributed by atoms with Crippen LogP contribution in [0, 0.1) is 6.92 Å². The molecule has 0 radical (unpaired) electrons. The summed E-state index contributed by atoms with van der Waals surface area (Å²) in [6, 6.07) is 10.5. The van der Waals surface area contributed by atoms with E-state index in [1.807, 2.05) is 32.0 Å². The fraction of sp³-hybridized carbons (Fsp3) is 0.417. The van der Waals surface area contributed by atoms with Gasteiger partial charge in [0.15, 0.2) is 12.6 Å². The van der Waals surface area contributed by atoms with E-state index in [1.54, 1.807) is 17.8 Å². The zero-order valence-electron chi connectivity index (χ0n) is 18.5. The van der Waals surface area contributed by atoms with E-state index in [4.69, 9.17) is 23.7 Å². The molecule has 5 nitrogen and oxygen atoms in total. The van der Waals surface area contributed by atoms with Crippen molar-refractivity contribution in [2.75, 3.05) is 25.6 Å². The molecule has 0 spiro atoms. The summed E-state index contributed by atoms with van der Waals surface area (Å²) in [6.45, 7) is 8.32. The van der Waals surface area contributed by atoms with E-state index in [-0.39, 0.29) is 25.3 Å². The minimum atomic E-state index is -4.37. The first-order chi connectivity index (χ1) is 15.7. The molecular weight excluding hydrogens is 457 g/mol. The van der Waals surface area contributed by atoms with Crippen molar-refractivity contribution in [2.45, 2.75) is 43.6 Å². The third-order valence-corrected chi connectivity index (χ3v) is 5.84. The zero-order chi connectivity index (χ0) is 23.8. The number of aryl methyl sites for hydroxylation is 1. The van der Waals surface area contributed by atoms with Crippen LogP contribution < -0.4 is 9.47 Å². The Morgan fingerprint density at radius 3 is 2.45 bits per heavy atom. The molecule has 0 aromatic heterocycles. The number of thioether (sulfide) groups is 1. The lowest BCUT2D eigenvalue weighted by Gasteiger charge is -2.33. The molecule has 2 aromatic carbocycles. The monoisotopic (exact) mass is 484 g/mol. The molecule has 180 valence electrons. The maximum Gasteiger partial charge on any atom is 0.416 e. The summed E-state index contributed by atoms with van der Waals surface area (Å²) in [7, 11) is 0. The Bertz CT molecular complexity index is 898. The fourth-order valence-corrected chi connectivity index (χ4v) is 4.01. The van der Waals surface area contributed by atoms with Crippen molar-refractivity contribution in [1.29, 1.82) is 0 Å². The van der Waals surface area contributed by atoms with Gasteiger partial charge in [-0.25, -0.2) is 0 Å². The second-order valence-electron chi connectivity index (χ2n) is 7.40. The smallest absolute Gasteiger partial charge is 0.416 e. The molecule has 0 N–H and O–H groups in total. The molecule has 1 aliphatic rings. The summed E-state index contributed by atoms with van der Waals surface area (Å²) in [6.07, 6.45) is -3.52. The molecule has 9 heteroatoms. The van der Waals surface area contributed by atoms with E-state index >= 15 is 0 Å². The summed E-state index contributed by atoms with van der Waals surface area (Å²) in [4.78, 5) is 1.03. The topological polar surface area (TPSA) is 46.2 Å². The molecule has 0 bridgehead atoms. The molecule has 3 rings (SSSR count). The summed E-state index contributed by atoms with van der Waals surface area (Å²) in [5.74, 6) is 1.71. The first-order valence-corrected chi connectivity index (χ1v) is 11.4. The maximum atomic E-state index is 12.7. The molecule has 1 heterocycles. The summed E-state index contributed by atoms with van der Waals surface area (Å²) in [5, 5.41) is 0. The standard InChI is InChI=1S/C24H27F3O5S/c1-4-11-28-20(13-29-19-7-5-18(6-8-19)24(25,26)27)15-33-21-9-10-22(16(2)12-21)30-14-23-31-17(3)32-23/h4-10,12,17,20,23H,1,11,13-15H2,2-3H3. The lowest BCUT2D eigenvalue weighted by Crippen LogP contribution is -2.42. The summed E-state index contributed by atoms with van der Waals surface area (Å²) in [5.41, 5.74) is 0.270. The van der Waals surface area contributed by atoms with Gasteiger partial charge in [-0.05, 0) is 61.9 Å². The molecule has 1 aliphatic heterocycles. The van der Waals surface area contributed by atoms with Gasteiger partial charge < -0.3 is 23.7 Å². The van der Waals surface area contributed by atoms with E-state index in [2.05, 4.69) is 6.58 Å². The Morgan fingerprint density at radius 1 is 1.12 bits per heavy atom. The summed E-state index contributed by atoms with van der Waals surface area (Å²) < 4.78 is 66.0. The van der Waals surface area contributed by atoms with Gasteiger partial charge in [0.05, 0.1) is 12.2 Å². The predicted molar refractivity (Wildman–Crippen MR) is 120 cm³/mol. The van der Waals surface area contributed by atoms with Crippen molar-refractivity contribution in [3.8, 4) is 11.5 Å². The van der Waals surface area contributed by atoms with E-state index in [0.717, 1.165) is 28.3 Å². The third kappa shape index (κ3) is 7.96. The van der Waals surface area contributed by atoms with Crippen molar-refractivity contribution in [3.63, 3.8) is 0 Å². The second-order valence-corrected chi connectivity index (χ2v) is 8.49. The Hall–Kier alpha value is -2.20. The van der Waals surface area contributed by atoms with Crippen LogP contribution in [0.5, 0.6) is 11.5 Å². The van der Waals surface area contributed by atoms with Crippen LogP contribution in [-0.2, 0) is 20.4 Å². The third-order valence-electron chi connectivity index (χ3n) is 4.71. The average Bonchev–Trinajstić information content (AvgIpc) is 2.76. The largest absolute Gasteiger partial charge is 0.491 e. The van der Waals surface area contributed by atoms with Crippen LogP contribution in [0.2, 0.25) is 0 Å². The molecular formula is C24H27F3O5S. The van der Waals surface area contributed by atoms with Crippen LogP contribution in [0.4, 0.5) is 13.2 Å². The van der Waals surface area contributed by atoms with Crippen molar-refractivity contribution in [2.24, 2.45) is 0 Å². The summed E-state index contributed by atoms with van der Waals surface area (Å²) >= 11 is 1.59. The lowest BCUT2D eigenvalue weighted by molar-refractivity contribution is -0.380. The zero-order valence-corrected chi connectivity index (χ0v) is 19.3. The molecule has 1 unspecified atom stereocenters. The van der Waals surface area contributed by atoms with Gasteiger partial charge in [0.1, 0.15) is 30.8 Å². The quantitative estimate of drug-likeness (QED) is 0.278. The highest BCUT2D eigenvalue weighted by molar-refractivity contribution is 7.99. The number of alkyl halides is 3. The normalized spacial score (nSPS) is 18.9. The van der Waals surface area contributed by atoms with Crippen LogP contribution in [0.1, 0.15) is 18.1 Å². The van der Waals surface area contributed by atoms with Gasteiger partial charge in [0.25, 0.3) is 0 Å². The van der Waals surface area contributed by atoms with Crippen LogP contribution >= 0.6 is 11.8 Å². The van der Waals surface area contributed by atoms with Gasteiger partial charge >= 0.3 is 6.18 Å². The highest BCUT2D eigenvalue weighted by Gasteiger charge is 2.30. The Morgan fingerprint density at radius 2 is 1.85 bits per heavy atom. The van der Waals surface area contributed by atoms with Gasteiger partial charge in [0.2, 0.25) is 0 Å². The average molecular weight is 485 g/mol. The minimum absolute atomic E-state index is 0.182. The number of benzene rings is 2. The van der Waals surface area contributed by atoms with E-state index in [0.29, 0.717) is 24.7 Å².